The molecule has 2 rings (SSSR count). The van der Waals surface area contributed by atoms with Crippen molar-refractivity contribution in [2.24, 2.45) is 0 Å². The van der Waals surface area contributed by atoms with Gasteiger partial charge in [-0.25, -0.2) is 0 Å². The van der Waals surface area contributed by atoms with E-state index in [1.54, 1.807) is 25.3 Å². The van der Waals surface area contributed by atoms with Gasteiger partial charge >= 0.3 is 0 Å². The molecule has 0 atom stereocenters. The van der Waals surface area contributed by atoms with E-state index in [1.165, 1.54) is 0 Å². The van der Waals surface area contributed by atoms with Crippen LogP contribution in [0.1, 0.15) is 11.1 Å². The van der Waals surface area contributed by atoms with Crippen LogP contribution >= 0.6 is 0 Å². The highest BCUT2D eigenvalue weighted by Crippen LogP contribution is 2.29. The predicted molar refractivity (Wildman–Crippen MR) is 74.1 cm³/mol. The van der Waals surface area contributed by atoms with Crippen LogP contribution in [-0.4, -0.2) is 12.2 Å². The minimum absolute atomic E-state index is 0.0485. The lowest BCUT2D eigenvalue weighted by atomic mass is 10.1. The molecule has 0 unspecified atom stereocenters. The van der Waals surface area contributed by atoms with E-state index < -0.39 is 0 Å². The second-order valence-electron chi connectivity index (χ2n) is 4.17. The Hall–Kier alpha value is -2.20. The van der Waals surface area contributed by atoms with Gasteiger partial charge in [0.2, 0.25) is 0 Å². The number of benzene rings is 2. The topological polar surface area (TPSA) is 64.7 Å². The molecule has 4 nitrogen and oxygen atoms in total. The fraction of sp³-hybridized carbons (Fsp3) is 0.200. The van der Waals surface area contributed by atoms with Crippen LogP contribution in [0, 0.1) is 0 Å². The zero-order valence-corrected chi connectivity index (χ0v) is 10.8. The molecule has 3 N–H and O–H groups in total. The molecule has 0 saturated heterocycles. The van der Waals surface area contributed by atoms with Gasteiger partial charge in [-0.3, -0.25) is 0 Å². The van der Waals surface area contributed by atoms with E-state index in [0.29, 0.717) is 23.8 Å². The Kier molecular flexibility index (Phi) is 4.26. The molecule has 0 bridgehead atoms. The second kappa shape index (κ2) is 6.11. The van der Waals surface area contributed by atoms with Crippen LogP contribution < -0.4 is 15.2 Å². The Bertz CT molecular complexity index is 538. The summed E-state index contributed by atoms with van der Waals surface area (Å²) in [6.45, 7) is 0.485. The van der Waals surface area contributed by atoms with Crippen LogP contribution in [0.4, 0.5) is 5.69 Å². The second-order valence-corrected chi connectivity index (χ2v) is 4.17. The molecule has 0 amide bonds. The van der Waals surface area contributed by atoms with Gasteiger partial charge < -0.3 is 20.3 Å². The smallest absolute Gasteiger partial charge is 0.162 e. The Labute approximate surface area is 112 Å². The van der Waals surface area contributed by atoms with Crippen LogP contribution in [0.25, 0.3) is 0 Å². The largest absolute Gasteiger partial charge is 0.493 e. The first-order chi connectivity index (χ1) is 9.22. The normalized spacial score (nSPS) is 10.2. The van der Waals surface area contributed by atoms with Gasteiger partial charge in [-0.15, -0.1) is 0 Å². The van der Waals surface area contributed by atoms with Gasteiger partial charge in [0.1, 0.15) is 6.61 Å². The molecule has 100 valence electrons. The maximum absolute atomic E-state index is 8.97. The summed E-state index contributed by atoms with van der Waals surface area (Å²) in [4.78, 5) is 0. The zero-order valence-electron chi connectivity index (χ0n) is 10.8. The maximum Gasteiger partial charge on any atom is 0.162 e. The van der Waals surface area contributed by atoms with E-state index in [4.69, 9.17) is 20.3 Å². The summed E-state index contributed by atoms with van der Waals surface area (Å²) in [7, 11) is 1.58. The zero-order chi connectivity index (χ0) is 13.7. The molecule has 2 aromatic carbocycles. The third-order valence-corrected chi connectivity index (χ3v) is 2.79. The number of aliphatic hydroxyl groups is 1. The lowest BCUT2D eigenvalue weighted by molar-refractivity contribution is 0.280. The van der Waals surface area contributed by atoms with Gasteiger partial charge in [0.25, 0.3) is 0 Å². The van der Waals surface area contributed by atoms with Crippen molar-refractivity contribution in [1.29, 1.82) is 0 Å². The number of aliphatic hydroxyl groups excluding tert-OH is 1. The minimum atomic E-state index is 0.0485. The molecule has 0 aliphatic heterocycles. The molecular weight excluding hydrogens is 242 g/mol. The van der Waals surface area contributed by atoms with Crippen molar-refractivity contribution in [2.45, 2.75) is 13.2 Å². The number of rotatable bonds is 5. The molecule has 0 aliphatic rings. The lowest BCUT2D eigenvalue weighted by Gasteiger charge is -2.11. The number of ether oxygens (including phenoxy) is 2. The Morgan fingerprint density at radius 2 is 1.68 bits per heavy atom. The monoisotopic (exact) mass is 259 g/mol. The average molecular weight is 259 g/mol. The van der Waals surface area contributed by atoms with Gasteiger partial charge in [0.15, 0.2) is 11.5 Å². The van der Waals surface area contributed by atoms with E-state index in [9.17, 15) is 0 Å². The van der Waals surface area contributed by atoms with Gasteiger partial charge in [-0.2, -0.15) is 0 Å². The highest BCUT2D eigenvalue weighted by atomic mass is 16.5. The van der Waals surface area contributed by atoms with E-state index >= 15 is 0 Å². The number of hydrogen-bond acceptors (Lipinski definition) is 4. The first kappa shape index (κ1) is 13.2. The summed E-state index contributed by atoms with van der Waals surface area (Å²) in [6.07, 6.45) is 0. The number of anilines is 1. The Balaban J connectivity index is 2.05. The molecule has 0 heterocycles. The number of methoxy groups -OCH3 is 1. The molecular formula is C15H17NO3. The predicted octanol–water partition coefficient (Wildman–Crippen LogP) is 2.35. The van der Waals surface area contributed by atoms with Crippen LogP contribution in [0.3, 0.4) is 0 Å². The molecule has 0 radical (unpaired) electrons. The summed E-state index contributed by atoms with van der Waals surface area (Å²) in [5.41, 5.74) is 8.23. The van der Waals surface area contributed by atoms with Crippen LogP contribution in [-0.2, 0) is 13.2 Å². The highest BCUT2D eigenvalue weighted by Gasteiger charge is 2.05. The first-order valence-electron chi connectivity index (χ1n) is 5.98. The lowest BCUT2D eigenvalue weighted by Crippen LogP contribution is -1.98. The summed E-state index contributed by atoms with van der Waals surface area (Å²) < 4.78 is 10.9. The minimum Gasteiger partial charge on any atom is -0.493 e. The van der Waals surface area contributed by atoms with Gasteiger partial charge in [-0.05, 0) is 23.3 Å². The fourth-order valence-corrected chi connectivity index (χ4v) is 1.71. The average Bonchev–Trinajstić information content (AvgIpc) is 2.46. The van der Waals surface area contributed by atoms with Crippen LogP contribution in [0.5, 0.6) is 11.5 Å². The molecule has 0 aromatic heterocycles. The summed E-state index contributed by atoms with van der Waals surface area (Å²) in [5, 5.41) is 8.97. The van der Waals surface area contributed by atoms with Crippen molar-refractivity contribution >= 4 is 5.69 Å². The van der Waals surface area contributed by atoms with Crippen molar-refractivity contribution in [3.05, 3.63) is 53.6 Å². The van der Waals surface area contributed by atoms with Crippen molar-refractivity contribution in [3.8, 4) is 11.5 Å². The molecule has 4 heteroatoms. The Morgan fingerprint density at radius 3 is 2.32 bits per heavy atom. The summed E-state index contributed by atoms with van der Waals surface area (Å²) in [6, 6.07) is 12.9. The fourth-order valence-electron chi connectivity index (χ4n) is 1.71. The molecule has 0 fully saturated rings. The van der Waals surface area contributed by atoms with Crippen LogP contribution in [0.2, 0.25) is 0 Å². The molecule has 0 aliphatic carbocycles. The number of nitrogens with two attached hydrogens (primary N) is 1. The van der Waals surface area contributed by atoms with Gasteiger partial charge in [-0.1, -0.05) is 24.3 Å². The van der Waals surface area contributed by atoms with Crippen molar-refractivity contribution in [2.75, 3.05) is 12.8 Å². The van der Waals surface area contributed by atoms with E-state index in [1.807, 2.05) is 24.3 Å². The molecule has 0 spiro atoms. The highest BCUT2D eigenvalue weighted by molar-refractivity contribution is 5.51. The van der Waals surface area contributed by atoms with Crippen molar-refractivity contribution in [3.63, 3.8) is 0 Å². The van der Waals surface area contributed by atoms with Crippen molar-refractivity contribution < 1.29 is 14.6 Å². The van der Waals surface area contributed by atoms with Gasteiger partial charge in [0.05, 0.1) is 13.7 Å². The van der Waals surface area contributed by atoms with Crippen molar-refractivity contribution in [1.82, 2.24) is 0 Å². The molecule has 2 aromatic rings. The maximum atomic E-state index is 8.97. The standard InChI is InChI=1S/C15H17NO3/c1-18-15-8-13(16)6-7-14(15)19-10-12-4-2-11(9-17)3-5-12/h2-8,17H,9-10,16H2,1H3. The Morgan fingerprint density at radius 1 is 1.00 bits per heavy atom. The third-order valence-electron chi connectivity index (χ3n) is 2.79. The first-order valence-corrected chi connectivity index (χ1v) is 5.98. The number of hydrogen-bond donors (Lipinski definition) is 2. The van der Waals surface area contributed by atoms with E-state index in [-0.39, 0.29) is 6.61 Å². The third kappa shape index (κ3) is 3.39. The molecule has 19 heavy (non-hydrogen) atoms. The number of nitrogen functional groups attached to an aromatic ring is 1. The summed E-state index contributed by atoms with van der Waals surface area (Å²) >= 11 is 0. The summed E-state index contributed by atoms with van der Waals surface area (Å²) in [5.74, 6) is 1.27. The SMILES string of the molecule is COc1cc(N)ccc1OCc1ccc(CO)cc1. The van der Waals surface area contributed by atoms with E-state index in [0.717, 1.165) is 11.1 Å². The van der Waals surface area contributed by atoms with E-state index in [2.05, 4.69) is 0 Å². The quantitative estimate of drug-likeness (QED) is 0.809. The van der Waals surface area contributed by atoms with Crippen LogP contribution in [0.15, 0.2) is 42.5 Å². The van der Waals surface area contributed by atoms with Gasteiger partial charge in [0, 0.05) is 11.8 Å². The molecule has 0 saturated carbocycles.